The van der Waals surface area contributed by atoms with Crippen LogP contribution in [0.4, 0.5) is 24.5 Å². The predicted octanol–water partition coefficient (Wildman–Crippen LogP) is 0.734. The average Bonchev–Trinajstić information content (AvgIpc) is 3.14. The summed E-state index contributed by atoms with van der Waals surface area (Å²) in [6.45, 7) is 0.556. The van der Waals surface area contributed by atoms with Gasteiger partial charge in [-0.1, -0.05) is 6.07 Å². The maximum absolute atomic E-state index is 12.7. The summed E-state index contributed by atoms with van der Waals surface area (Å²) in [4.78, 5) is 36.9. The van der Waals surface area contributed by atoms with Crippen molar-refractivity contribution in [3.05, 3.63) is 43.8 Å². The van der Waals surface area contributed by atoms with Gasteiger partial charge in [0.25, 0.3) is 11.5 Å². The number of nitriles is 1. The molecule has 2 rings (SSSR count). The smallest absolute Gasteiger partial charge is 0.382 e. The fourth-order valence-corrected chi connectivity index (χ4v) is 3.88. The van der Waals surface area contributed by atoms with Crippen molar-refractivity contribution >= 4 is 46.3 Å². The molecule has 2 aromatic rings. The van der Waals surface area contributed by atoms with Crippen LogP contribution in [0.2, 0.25) is 0 Å². The van der Waals surface area contributed by atoms with E-state index >= 15 is 0 Å². The van der Waals surface area contributed by atoms with Crippen LogP contribution in [0.15, 0.2) is 29.1 Å². The van der Waals surface area contributed by atoms with E-state index in [1.807, 2.05) is 0 Å². The molecular formula is C22H24F3N5O5S. The number of rotatable bonds is 11. The Morgan fingerprint density at radius 3 is 2.61 bits per heavy atom. The number of ether oxygens (including phenoxy) is 2. The first-order valence-electron chi connectivity index (χ1n) is 10.5. The average molecular weight is 528 g/mol. The highest BCUT2D eigenvalue weighted by Crippen LogP contribution is 2.15. The summed E-state index contributed by atoms with van der Waals surface area (Å²) in [5, 5.41) is 16.6. The summed E-state index contributed by atoms with van der Waals surface area (Å²) in [6, 6.07) is 8.18. The lowest BCUT2D eigenvalue weighted by atomic mass is 10.2. The number of benzene rings is 1. The minimum Gasteiger partial charge on any atom is -0.382 e. The molecule has 0 saturated heterocycles. The molecule has 0 saturated carbocycles. The number of hydrogen-bond acceptors (Lipinski definition) is 8. The van der Waals surface area contributed by atoms with Crippen molar-refractivity contribution in [3.63, 3.8) is 0 Å². The van der Waals surface area contributed by atoms with Gasteiger partial charge in [-0.05, 0) is 25.1 Å². The quantitative estimate of drug-likeness (QED) is 0.367. The van der Waals surface area contributed by atoms with Gasteiger partial charge in [-0.15, -0.1) is 11.3 Å². The molecule has 10 nitrogen and oxygen atoms in total. The molecule has 1 heterocycles. The fraction of sp³-hybridized carbons (Fsp3) is 0.364. The van der Waals surface area contributed by atoms with E-state index in [0.29, 0.717) is 18.0 Å². The van der Waals surface area contributed by atoms with Gasteiger partial charge in [-0.3, -0.25) is 19.0 Å². The van der Waals surface area contributed by atoms with E-state index in [0.717, 1.165) is 15.9 Å². The zero-order valence-electron chi connectivity index (χ0n) is 19.4. The lowest BCUT2D eigenvalue weighted by molar-refractivity contribution is -0.135. The van der Waals surface area contributed by atoms with E-state index in [2.05, 4.69) is 10.6 Å². The number of anilines is 2. The van der Waals surface area contributed by atoms with E-state index in [9.17, 15) is 32.8 Å². The number of nitrogens with one attached hydrogen (secondary N) is 3. The van der Waals surface area contributed by atoms with Gasteiger partial charge in [0.05, 0.1) is 13.2 Å². The van der Waals surface area contributed by atoms with Gasteiger partial charge in [0, 0.05) is 31.2 Å². The predicted molar refractivity (Wildman–Crippen MR) is 127 cm³/mol. The van der Waals surface area contributed by atoms with E-state index in [1.165, 1.54) is 13.3 Å². The van der Waals surface area contributed by atoms with Gasteiger partial charge in [0.1, 0.15) is 28.4 Å². The number of amides is 2. The molecule has 194 valence electrons. The fourth-order valence-electron chi connectivity index (χ4n) is 2.80. The van der Waals surface area contributed by atoms with Crippen LogP contribution in [-0.2, 0) is 25.6 Å². The molecule has 0 radical (unpaired) electrons. The Morgan fingerprint density at radius 1 is 1.25 bits per heavy atom. The van der Waals surface area contributed by atoms with Crippen molar-refractivity contribution in [1.29, 1.82) is 5.26 Å². The summed E-state index contributed by atoms with van der Waals surface area (Å²) in [5.41, 5.74) is -0.148. The Labute approximate surface area is 207 Å². The summed E-state index contributed by atoms with van der Waals surface area (Å²) < 4.78 is 48.5. The topological polar surface area (TPSA) is 134 Å². The second-order valence-electron chi connectivity index (χ2n) is 7.07. The first kappa shape index (κ1) is 28.6. The first-order chi connectivity index (χ1) is 17.1. The number of thiazole rings is 1. The largest absolute Gasteiger partial charge is 0.405 e. The highest BCUT2D eigenvalue weighted by Gasteiger charge is 2.28. The summed E-state index contributed by atoms with van der Waals surface area (Å²) in [5.74, 6) is -1.60. The lowest BCUT2D eigenvalue weighted by Gasteiger charge is -2.08. The molecule has 2 amide bonds. The van der Waals surface area contributed by atoms with Crippen LogP contribution in [0.5, 0.6) is 0 Å². The van der Waals surface area contributed by atoms with Crippen LogP contribution in [-0.4, -0.2) is 56.0 Å². The molecule has 1 aromatic carbocycles. The molecule has 1 aromatic heterocycles. The number of nitrogens with zero attached hydrogens (tertiary/aromatic N) is 2. The monoisotopic (exact) mass is 527 g/mol. The number of halogens is 3. The van der Waals surface area contributed by atoms with Gasteiger partial charge >= 0.3 is 6.18 Å². The molecular weight excluding hydrogens is 503 g/mol. The Morgan fingerprint density at radius 2 is 1.97 bits per heavy atom. The third-order valence-corrected chi connectivity index (χ3v) is 5.54. The van der Waals surface area contributed by atoms with Crippen molar-refractivity contribution < 1.29 is 32.2 Å². The van der Waals surface area contributed by atoms with Crippen molar-refractivity contribution in [3.8, 4) is 6.07 Å². The number of carbonyl (C=O) groups excluding carboxylic acids is 2. The third kappa shape index (κ3) is 8.52. The summed E-state index contributed by atoms with van der Waals surface area (Å²) in [6.07, 6.45) is -3.30. The van der Waals surface area contributed by atoms with Crippen LogP contribution in [0, 0.1) is 11.3 Å². The second-order valence-corrected chi connectivity index (χ2v) is 8.10. The number of carbonyl (C=O) groups is 2. The highest BCUT2D eigenvalue weighted by atomic mass is 32.1. The van der Waals surface area contributed by atoms with Crippen LogP contribution in [0.3, 0.4) is 0 Å². The second kappa shape index (κ2) is 13.4. The number of alkyl halides is 3. The third-order valence-electron chi connectivity index (χ3n) is 4.41. The van der Waals surface area contributed by atoms with Crippen LogP contribution >= 0.6 is 11.3 Å². The number of methoxy groups -OCH3 is 1. The molecule has 0 atom stereocenters. The zero-order valence-corrected chi connectivity index (χ0v) is 20.2. The normalized spacial score (nSPS) is 12.6. The van der Waals surface area contributed by atoms with Crippen LogP contribution in [0.1, 0.15) is 6.92 Å². The van der Waals surface area contributed by atoms with E-state index in [4.69, 9.17) is 9.47 Å². The molecule has 14 heteroatoms. The lowest BCUT2D eigenvalue weighted by Crippen LogP contribution is -2.37. The van der Waals surface area contributed by atoms with Crippen molar-refractivity contribution in [2.75, 3.05) is 44.1 Å². The molecule has 0 aliphatic rings. The molecule has 0 bridgehead atoms. The molecule has 3 N–H and O–H groups in total. The first-order valence-corrected chi connectivity index (χ1v) is 11.3. The van der Waals surface area contributed by atoms with Crippen LogP contribution in [0.25, 0.3) is 11.8 Å². The van der Waals surface area contributed by atoms with Gasteiger partial charge in [-0.25, -0.2) is 0 Å². The molecule has 0 fully saturated rings. The minimum absolute atomic E-state index is 0.0628. The van der Waals surface area contributed by atoms with Gasteiger partial charge in [0.15, 0.2) is 5.57 Å². The van der Waals surface area contributed by atoms with Gasteiger partial charge in [-0.2, -0.15) is 18.4 Å². The van der Waals surface area contributed by atoms with Crippen LogP contribution < -0.4 is 30.7 Å². The Hall–Kier alpha value is -3.67. The Bertz CT molecular complexity index is 1300. The minimum atomic E-state index is -4.65. The Kier molecular flexibility index (Phi) is 10.7. The Balaban J connectivity index is 2.26. The summed E-state index contributed by atoms with van der Waals surface area (Å²) >= 11 is 0.786. The maximum Gasteiger partial charge on any atom is 0.405 e. The van der Waals surface area contributed by atoms with E-state index in [-0.39, 0.29) is 34.9 Å². The highest BCUT2D eigenvalue weighted by molar-refractivity contribution is 7.07. The molecule has 0 aliphatic carbocycles. The van der Waals surface area contributed by atoms with Crippen molar-refractivity contribution in [2.45, 2.75) is 19.6 Å². The zero-order chi connectivity index (χ0) is 26.7. The molecule has 36 heavy (non-hydrogen) atoms. The van der Waals surface area contributed by atoms with Gasteiger partial charge < -0.3 is 25.4 Å². The SMILES string of the molecule is CCn1c(=O)/c(=C\Nc2cccc(NC(=O)COCCOC)c2)s/c1=C(/C#N)C(=O)NCC(F)(F)F. The van der Waals surface area contributed by atoms with E-state index in [1.54, 1.807) is 42.6 Å². The number of aromatic nitrogens is 1. The number of hydrogen-bond donors (Lipinski definition) is 3. The molecule has 0 spiro atoms. The maximum atomic E-state index is 12.7. The van der Waals surface area contributed by atoms with Crippen molar-refractivity contribution in [1.82, 2.24) is 9.88 Å². The van der Waals surface area contributed by atoms with Gasteiger partial charge in [0.2, 0.25) is 5.91 Å². The van der Waals surface area contributed by atoms with Crippen molar-refractivity contribution in [2.24, 2.45) is 0 Å². The standard InChI is InChI=1S/C22H24F3N5O5S/c1-3-30-20(33)17(36-21(30)16(10-26)19(32)28-13-22(23,24)25)11-27-14-5-4-6-15(9-14)29-18(31)12-35-8-7-34-2/h4-6,9,11,27H,3,7-8,12-13H2,1-2H3,(H,28,32)(H,29,31)/b17-11+,21-16-. The molecule has 0 unspecified atom stereocenters. The summed E-state index contributed by atoms with van der Waals surface area (Å²) in [7, 11) is 1.52. The molecule has 0 aliphatic heterocycles. The van der Waals surface area contributed by atoms with E-state index < -0.39 is 29.8 Å².